The van der Waals surface area contributed by atoms with Gasteiger partial charge in [0.2, 0.25) is 0 Å². The lowest BCUT2D eigenvalue weighted by atomic mass is 9.94. The molecule has 1 atom stereocenters. The zero-order valence-corrected chi connectivity index (χ0v) is 19.0. The summed E-state index contributed by atoms with van der Waals surface area (Å²) < 4.78 is 35.5. The van der Waals surface area contributed by atoms with Crippen molar-refractivity contribution >= 4 is 5.82 Å². The summed E-state index contributed by atoms with van der Waals surface area (Å²) in [6.45, 7) is 1.72. The molecule has 0 aliphatic carbocycles. The van der Waals surface area contributed by atoms with E-state index in [2.05, 4.69) is 40.2 Å². The summed E-state index contributed by atoms with van der Waals surface area (Å²) >= 11 is 0. The van der Waals surface area contributed by atoms with Crippen LogP contribution in [0.3, 0.4) is 0 Å². The number of nitrogens with zero attached hydrogens (tertiary/aromatic N) is 3. The van der Waals surface area contributed by atoms with Gasteiger partial charge in [-0.3, -0.25) is 0 Å². The molecule has 0 fully saturated rings. The van der Waals surface area contributed by atoms with Crippen molar-refractivity contribution in [3.05, 3.63) is 28.8 Å². The molecule has 2 aromatic rings. The van der Waals surface area contributed by atoms with Crippen LogP contribution in [0.1, 0.15) is 69.1 Å². The number of nitrogens with one attached hydrogen (secondary N) is 1. The highest BCUT2D eigenvalue weighted by Crippen LogP contribution is 2.40. The fourth-order valence-electron chi connectivity index (χ4n) is 4.10. The smallest absolute Gasteiger partial charge is 0.387 e. The van der Waals surface area contributed by atoms with Gasteiger partial charge >= 0.3 is 6.61 Å². The number of hydrogen-bond donors (Lipinski definition) is 2. The summed E-state index contributed by atoms with van der Waals surface area (Å²) in [5.41, 5.74) is 2.16. The van der Waals surface area contributed by atoms with E-state index in [1.807, 2.05) is 0 Å². The predicted octanol–water partition coefficient (Wildman–Crippen LogP) is 5.56. The molecule has 1 aromatic heterocycles. The number of fused-ring (bicyclic) bond motifs is 3. The number of halogens is 2. The number of rotatable bonds is 9. The molecule has 2 N–H and O–H groups in total. The van der Waals surface area contributed by atoms with Gasteiger partial charge in [0.05, 0.1) is 6.61 Å². The van der Waals surface area contributed by atoms with Gasteiger partial charge in [-0.05, 0) is 37.3 Å². The molecule has 1 aliphatic heterocycles. The molecule has 0 bridgehead atoms. The fraction of sp³-hybridized carbons (Fsp3) is 0.542. The lowest BCUT2D eigenvalue weighted by molar-refractivity contribution is -0.0500. The highest BCUT2D eigenvalue weighted by atomic mass is 19.3. The molecule has 33 heavy (non-hydrogen) atoms. The van der Waals surface area contributed by atoms with Crippen molar-refractivity contribution in [2.24, 2.45) is 0 Å². The van der Waals surface area contributed by atoms with E-state index in [0.717, 1.165) is 38.2 Å². The Balaban J connectivity index is 2.05. The summed E-state index contributed by atoms with van der Waals surface area (Å²) in [6.07, 6.45) is 6.36. The SMILES string of the molecule is CCCCC[C@H](CC)Nc1nnc2c(c1C#N)CCCOCc1cc(OC(F)F)cc(O)c1-2. The van der Waals surface area contributed by atoms with Crippen LogP contribution in [0.2, 0.25) is 0 Å². The van der Waals surface area contributed by atoms with Crippen LogP contribution >= 0.6 is 0 Å². The maximum atomic E-state index is 12.7. The second-order valence-corrected chi connectivity index (χ2v) is 8.12. The first kappa shape index (κ1) is 24.6. The van der Waals surface area contributed by atoms with Crippen LogP contribution in [0.25, 0.3) is 11.3 Å². The van der Waals surface area contributed by atoms with Crippen LogP contribution < -0.4 is 10.1 Å². The normalized spacial score (nSPS) is 14.3. The summed E-state index contributed by atoms with van der Waals surface area (Å²) in [4.78, 5) is 0. The topological polar surface area (TPSA) is 100 Å². The number of aromatic nitrogens is 2. The van der Waals surface area contributed by atoms with Gasteiger partial charge in [-0.15, -0.1) is 10.2 Å². The quantitative estimate of drug-likeness (QED) is 0.473. The van der Waals surface area contributed by atoms with Gasteiger partial charge < -0.3 is 19.9 Å². The molecule has 0 spiro atoms. The number of anilines is 1. The van der Waals surface area contributed by atoms with E-state index < -0.39 is 6.61 Å². The second kappa shape index (κ2) is 11.8. The van der Waals surface area contributed by atoms with Crippen LogP contribution in [-0.2, 0) is 17.8 Å². The summed E-state index contributed by atoms with van der Waals surface area (Å²) in [5, 5.41) is 32.8. The molecule has 1 aliphatic rings. The third-order valence-corrected chi connectivity index (χ3v) is 5.78. The van der Waals surface area contributed by atoms with E-state index in [4.69, 9.17) is 4.74 Å². The first-order valence-electron chi connectivity index (χ1n) is 11.4. The van der Waals surface area contributed by atoms with Crippen molar-refractivity contribution in [1.29, 1.82) is 5.26 Å². The largest absolute Gasteiger partial charge is 0.507 e. The Hall–Kier alpha value is -2.99. The predicted molar refractivity (Wildman–Crippen MR) is 120 cm³/mol. The van der Waals surface area contributed by atoms with Gasteiger partial charge in [0.25, 0.3) is 0 Å². The van der Waals surface area contributed by atoms with E-state index in [9.17, 15) is 19.1 Å². The number of aromatic hydroxyl groups is 1. The molecule has 0 amide bonds. The van der Waals surface area contributed by atoms with Crippen LogP contribution in [0.5, 0.6) is 11.5 Å². The molecule has 0 saturated heterocycles. The minimum atomic E-state index is -3.02. The Labute approximate surface area is 192 Å². The number of benzene rings is 1. The van der Waals surface area contributed by atoms with Crippen molar-refractivity contribution < 1.29 is 23.4 Å². The first-order chi connectivity index (χ1) is 16.0. The minimum absolute atomic E-state index is 0.0850. The Morgan fingerprint density at radius 1 is 1.27 bits per heavy atom. The van der Waals surface area contributed by atoms with E-state index >= 15 is 0 Å². The minimum Gasteiger partial charge on any atom is -0.507 e. The number of unbranched alkanes of at least 4 members (excludes halogenated alkanes) is 2. The van der Waals surface area contributed by atoms with Crippen LogP contribution in [-0.4, -0.2) is 34.6 Å². The zero-order chi connectivity index (χ0) is 23.8. The molecule has 0 radical (unpaired) electrons. The lowest BCUT2D eigenvalue weighted by Gasteiger charge is -2.20. The molecule has 9 heteroatoms. The maximum Gasteiger partial charge on any atom is 0.387 e. The van der Waals surface area contributed by atoms with Crippen molar-refractivity contribution in [1.82, 2.24) is 10.2 Å². The molecule has 0 saturated carbocycles. The third-order valence-electron chi connectivity index (χ3n) is 5.78. The monoisotopic (exact) mass is 460 g/mol. The number of ether oxygens (including phenoxy) is 2. The molecule has 1 aromatic carbocycles. The third kappa shape index (κ3) is 6.08. The van der Waals surface area contributed by atoms with Gasteiger partial charge in [0.1, 0.15) is 28.8 Å². The molecule has 2 heterocycles. The molecule has 3 rings (SSSR count). The highest BCUT2D eigenvalue weighted by Gasteiger charge is 2.25. The van der Waals surface area contributed by atoms with E-state index in [1.54, 1.807) is 0 Å². The van der Waals surface area contributed by atoms with E-state index in [0.29, 0.717) is 53.2 Å². The van der Waals surface area contributed by atoms with Gasteiger partial charge in [-0.2, -0.15) is 14.0 Å². The number of alkyl halides is 2. The van der Waals surface area contributed by atoms with Crippen LogP contribution in [0, 0.1) is 11.3 Å². The Kier molecular flexibility index (Phi) is 8.78. The zero-order valence-electron chi connectivity index (χ0n) is 19.0. The molecular weight excluding hydrogens is 430 g/mol. The number of phenols is 1. The van der Waals surface area contributed by atoms with E-state index in [-0.39, 0.29) is 24.1 Å². The standard InChI is InChI=1S/C24H30F2N4O3/c1-3-5-6-8-16(4-2)28-23-19(13-27)18-9-7-10-32-14-15-11-17(33-24(25)26)12-20(31)21(15)22(18)29-30-23/h11-12,16,24,31H,3-10,14H2,1-2H3,(H,28,30)/t16-/m0/s1. The summed E-state index contributed by atoms with van der Waals surface area (Å²) in [6, 6.07) is 4.96. The highest BCUT2D eigenvalue weighted by molar-refractivity contribution is 5.77. The molecule has 0 unspecified atom stereocenters. The molecular formula is C24H30F2N4O3. The molecule has 7 nitrogen and oxygen atoms in total. The van der Waals surface area contributed by atoms with Gasteiger partial charge in [0, 0.05) is 29.8 Å². The Morgan fingerprint density at radius 3 is 2.79 bits per heavy atom. The van der Waals surface area contributed by atoms with Crippen LogP contribution in [0.4, 0.5) is 14.6 Å². The van der Waals surface area contributed by atoms with E-state index in [1.165, 1.54) is 6.07 Å². The van der Waals surface area contributed by atoms with Crippen LogP contribution in [0.15, 0.2) is 12.1 Å². The first-order valence-corrected chi connectivity index (χ1v) is 11.4. The van der Waals surface area contributed by atoms with Gasteiger partial charge in [0.15, 0.2) is 5.82 Å². The van der Waals surface area contributed by atoms with Gasteiger partial charge in [-0.25, -0.2) is 0 Å². The van der Waals surface area contributed by atoms with Crippen molar-refractivity contribution in [2.45, 2.75) is 78.1 Å². The summed E-state index contributed by atoms with van der Waals surface area (Å²) in [7, 11) is 0. The average Bonchev–Trinajstić information content (AvgIpc) is 2.86. The number of hydrogen-bond acceptors (Lipinski definition) is 7. The van der Waals surface area contributed by atoms with Gasteiger partial charge in [-0.1, -0.05) is 33.1 Å². The maximum absolute atomic E-state index is 12.7. The van der Waals surface area contributed by atoms with Crippen molar-refractivity contribution in [3.63, 3.8) is 0 Å². The lowest BCUT2D eigenvalue weighted by Crippen LogP contribution is -2.21. The Morgan fingerprint density at radius 2 is 2.09 bits per heavy atom. The number of phenolic OH excluding ortho intramolecular Hbond substituents is 1. The molecule has 178 valence electrons. The number of nitriles is 1. The Bertz CT molecular complexity index is 995. The fourth-order valence-corrected chi connectivity index (χ4v) is 4.10. The van der Waals surface area contributed by atoms with Crippen molar-refractivity contribution in [3.8, 4) is 28.8 Å². The summed E-state index contributed by atoms with van der Waals surface area (Å²) in [5.74, 6) is -0.0199. The average molecular weight is 461 g/mol. The van der Waals surface area contributed by atoms with Crippen molar-refractivity contribution in [2.75, 3.05) is 11.9 Å². The second-order valence-electron chi connectivity index (χ2n) is 8.12.